The summed E-state index contributed by atoms with van der Waals surface area (Å²) in [6.07, 6.45) is 3.00. The number of nitrogens with zero attached hydrogens (tertiary/aromatic N) is 5. The molecule has 0 atom stereocenters. The number of nitrogens with two attached hydrogens (primary N) is 1. The van der Waals surface area contributed by atoms with Gasteiger partial charge in [0.05, 0.1) is 0 Å². The summed E-state index contributed by atoms with van der Waals surface area (Å²) < 4.78 is 1.82. The predicted molar refractivity (Wildman–Crippen MR) is 73.9 cm³/mol. The van der Waals surface area contributed by atoms with Gasteiger partial charge < -0.3 is 10.9 Å². The van der Waals surface area contributed by atoms with Gasteiger partial charge in [0.1, 0.15) is 23.9 Å². The first-order valence-corrected chi connectivity index (χ1v) is 5.93. The number of aromatic nitrogens is 4. The number of aryl methyl sites for hydroxylation is 1. The molecule has 20 heavy (non-hydrogen) atoms. The molecule has 100 valence electrons. The molecule has 2 aromatic heterocycles. The van der Waals surface area contributed by atoms with Crippen LogP contribution in [0.1, 0.15) is 11.3 Å². The van der Waals surface area contributed by atoms with Gasteiger partial charge in [-0.2, -0.15) is 0 Å². The van der Waals surface area contributed by atoms with E-state index in [4.69, 9.17) is 10.9 Å². The Labute approximate surface area is 114 Å². The average molecular weight is 268 g/mol. The normalized spacial score (nSPS) is 11.9. The minimum absolute atomic E-state index is 0.0912. The number of hydrogen-bond donors (Lipinski definition) is 2. The van der Waals surface area contributed by atoms with Gasteiger partial charge in [-0.15, -0.1) is 0 Å². The monoisotopic (exact) mass is 268 g/mol. The smallest absolute Gasteiger partial charge is 0.191 e. The Morgan fingerprint density at radius 2 is 1.95 bits per heavy atom. The van der Waals surface area contributed by atoms with Gasteiger partial charge in [-0.05, 0) is 19.1 Å². The molecule has 0 aliphatic rings. The minimum atomic E-state index is -0.0912. The molecule has 7 nitrogen and oxygen atoms in total. The lowest BCUT2D eigenvalue weighted by Crippen LogP contribution is -2.16. The molecule has 0 spiro atoms. The van der Waals surface area contributed by atoms with Gasteiger partial charge in [0.15, 0.2) is 11.5 Å². The number of imidazole rings is 1. The van der Waals surface area contributed by atoms with E-state index in [1.807, 2.05) is 35.8 Å². The standard InChI is InChI=1S/C13H12N6O/c1-8-2-4-9(5-3-8)19-7-17-11-10(12(14)18-20)15-6-16-13(11)19/h2-7,20H,1H3,(H2,14,18). The Kier molecular flexibility index (Phi) is 2.79. The largest absolute Gasteiger partial charge is 0.409 e. The maximum Gasteiger partial charge on any atom is 0.191 e. The second-order valence-electron chi connectivity index (χ2n) is 4.33. The highest BCUT2D eigenvalue weighted by atomic mass is 16.4. The summed E-state index contributed by atoms with van der Waals surface area (Å²) in [4.78, 5) is 12.5. The maximum absolute atomic E-state index is 8.77. The molecule has 0 radical (unpaired) electrons. The summed E-state index contributed by atoms with van der Waals surface area (Å²) >= 11 is 0. The van der Waals surface area contributed by atoms with Crippen molar-refractivity contribution in [2.45, 2.75) is 6.92 Å². The van der Waals surface area contributed by atoms with Gasteiger partial charge in [-0.25, -0.2) is 15.0 Å². The van der Waals surface area contributed by atoms with Gasteiger partial charge in [-0.1, -0.05) is 22.9 Å². The van der Waals surface area contributed by atoms with Crippen molar-refractivity contribution >= 4 is 17.0 Å². The highest BCUT2D eigenvalue weighted by molar-refractivity contribution is 6.04. The van der Waals surface area contributed by atoms with Crippen LogP contribution in [0.5, 0.6) is 0 Å². The minimum Gasteiger partial charge on any atom is -0.409 e. The molecular weight excluding hydrogens is 256 g/mol. The van der Waals surface area contributed by atoms with Crippen molar-refractivity contribution in [1.29, 1.82) is 0 Å². The van der Waals surface area contributed by atoms with Gasteiger partial charge in [0, 0.05) is 5.69 Å². The van der Waals surface area contributed by atoms with E-state index in [-0.39, 0.29) is 5.84 Å². The number of benzene rings is 1. The maximum atomic E-state index is 8.77. The Hall–Kier alpha value is -2.96. The molecular formula is C13H12N6O. The molecule has 3 rings (SSSR count). The molecule has 7 heteroatoms. The van der Waals surface area contributed by atoms with Crippen molar-refractivity contribution in [2.24, 2.45) is 10.9 Å². The number of amidine groups is 1. The van der Waals surface area contributed by atoms with Crippen molar-refractivity contribution in [3.63, 3.8) is 0 Å². The summed E-state index contributed by atoms with van der Waals surface area (Å²) in [6.45, 7) is 2.02. The lowest BCUT2D eigenvalue weighted by atomic mass is 10.2. The summed E-state index contributed by atoms with van der Waals surface area (Å²) in [5.74, 6) is -0.0912. The second kappa shape index (κ2) is 4.61. The first-order valence-electron chi connectivity index (χ1n) is 5.93. The lowest BCUT2D eigenvalue weighted by molar-refractivity contribution is 0.318. The van der Waals surface area contributed by atoms with Gasteiger partial charge in [-0.3, -0.25) is 4.57 Å². The predicted octanol–water partition coefficient (Wildman–Crippen LogP) is 1.22. The van der Waals surface area contributed by atoms with Gasteiger partial charge in [0.25, 0.3) is 0 Å². The average Bonchev–Trinajstić information content (AvgIpc) is 2.91. The molecule has 1 aromatic carbocycles. The van der Waals surface area contributed by atoms with Crippen LogP contribution in [0.2, 0.25) is 0 Å². The van der Waals surface area contributed by atoms with Gasteiger partial charge in [0.2, 0.25) is 0 Å². The van der Waals surface area contributed by atoms with Crippen molar-refractivity contribution < 1.29 is 5.21 Å². The number of oxime groups is 1. The Balaban J connectivity index is 2.22. The second-order valence-corrected chi connectivity index (χ2v) is 4.33. The zero-order chi connectivity index (χ0) is 14.1. The molecule has 0 fully saturated rings. The third-order valence-electron chi connectivity index (χ3n) is 3.00. The van der Waals surface area contributed by atoms with Crippen molar-refractivity contribution in [3.8, 4) is 5.69 Å². The van der Waals surface area contributed by atoms with Crippen LogP contribution in [0.3, 0.4) is 0 Å². The van der Waals surface area contributed by atoms with Crippen molar-refractivity contribution in [2.75, 3.05) is 0 Å². The quantitative estimate of drug-likeness (QED) is 0.315. The van der Waals surface area contributed by atoms with Crippen LogP contribution in [-0.4, -0.2) is 30.6 Å². The number of rotatable bonds is 2. The zero-order valence-corrected chi connectivity index (χ0v) is 10.7. The summed E-state index contributed by atoms with van der Waals surface area (Å²) in [6, 6.07) is 7.96. The Bertz CT molecular complexity index is 790. The number of hydrogen-bond acceptors (Lipinski definition) is 5. The fourth-order valence-electron chi connectivity index (χ4n) is 1.96. The molecule has 0 aliphatic carbocycles. The van der Waals surface area contributed by atoms with E-state index in [1.54, 1.807) is 6.33 Å². The molecule has 0 aliphatic heterocycles. The fraction of sp³-hybridized carbons (Fsp3) is 0.0769. The van der Waals surface area contributed by atoms with E-state index >= 15 is 0 Å². The highest BCUT2D eigenvalue weighted by Crippen LogP contribution is 2.18. The molecule has 0 saturated carbocycles. The zero-order valence-electron chi connectivity index (χ0n) is 10.7. The summed E-state index contributed by atoms with van der Waals surface area (Å²) in [5.41, 5.74) is 9.09. The first-order chi connectivity index (χ1) is 9.70. The number of fused-ring (bicyclic) bond motifs is 1. The Morgan fingerprint density at radius 1 is 1.20 bits per heavy atom. The molecule has 3 aromatic rings. The first kappa shape index (κ1) is 12.1. The molecule has 0 saturated heterocycles. The van der Waals surface area contributed by atoms with Crippen molar-refractivity contribution in [1.82, 2.24) is 19.5 Å². The van der Waals surface area contributed by atoms with Crippen LogP contribution in [-0.2, 0) is 0 Å². The highest BCUT2D eigenvalue weighted by Gasteiger charge is 2.13. The van der Waals surface area contributed by atoms with E-state index < -0.39 is 0 Å². The third-order valence-corrected chi connectivity index (χ3v) is 3.00. The lowest BCUT2D eigenvalue weighted by Gasteiger charge is -2.04. The molecule has 2 heterocycles. The van der Waals surface area contributed by atoms with E-state index in [0.717, 1.165) is 5.69 Å². The van der Waals surface area contributed by atoms with Crippen LogP contribution in [0.15, 0.2) is 42.1 Å². The Morgan fingerprint density at radius 3 is 2.65 bits per heavy atom. The molecule has 0 amide bonds. The molecule has 0 unspecified atom stereocenters. The van der Waals surface area contributed by atoms with E-state index in [9.17, 15) is 0 Å². The van der Waals surface area contributed by atoms with Crippen LogP contribution < -0.4 is 5.73 Å². The summed E-state index contributed by atoms with van der Waals surface area (Å²) in [5, 5.41) is 11.7. The van der Waals surface area contributed by atoms with E-state index in [1.165, 1.54) is 11.9 Å². The van der Waals surface area contributed by atoms with Gasteiger partial charge >= 0.3 is 0 Å². The molecule has 3 N–H and O–H groups in total. The third kappa shape index (κ3) is 1.85. The van der Waals surface area contributed by atoms with E-state index in [0.29, 0.717) is 16.9 Å². The topological polar surface area (TPSA) is 102 Å². The molecule has 0 bridgehead atoms. The van der Waals surface area contributed by atoms with E-state index in [2.05, 4.69) is 20.1 Å². The fourth-order valence-corrected chi connectivity index (χ4v) is 1.96. The van der Waals surface area contributed by atoms with Crippen LogP contribution in [0.25, 0.3) is 16.9 Å². The van der Waals surface area contributed by atoms with Crippen molar-refractivity contribution in [3.05, 3.63) is 48.2 Å². The summed E-state index contributed by atoms with van der Waals surface area (Å²) in [7, 11) is 0. The SMILES string of the molecule is Cc1ccc(-n2cnc3c(/C(N)=N/O)ncnc32)cc1. The van der Waals surface area contributed by atoms with Crippen LogP contribution >= 0.6 is 0 Å². The van der Waals surface area contributed by atoms with Crippen LogP contribution in [0, 0.1) is 6.92 Å². The van der Waals surface area contributed by atoms with Crippen LogP contribution in [0.4, 0.5) is 0 Å².